The molecular formula is C20H25FN6OS. The van der Waals surface area contributed by atoms with E-state index in [0.29, 0.717) is 30.1 Å². The van der Waals surface area contributed by atoms with Crippen molar-refractivity contribution in [3.8, 4) is 0 Å². The van der Waals surface area contributed by atoms with Crippen LogP contribution in [0.2, 0.25) is 0 Å². The molecule has 2 unspecified atom stereocenters. The molecule has 1 aromatic rings. The van der Waals surface area contributed by atoms with Gasteiger partial charge in [0.05, 0.1) is 17.1 Å². The lowest BCUT2D eigenvalue weighted by Gasteiger charge is -2.30. The maximum absolute atomic E-state index is 13.7. The van der Waals surface area contributed by atoms with Gasteiger partial charge in [0.25, 0.3) is 5.91 Å². The van der Waals surface area contributed by atoms with Crippen LogP contribution in [-0.2, 0) is 4.79 Å². The Kier molecular flexibility index (Phi) is 5.75. The van der Waals surface area contributed by atoms with Gasteiger partial charge in [0, 0.05) is 56.4 Å². The number of nitrogens with one attached hydrogen (secondary N) is 3. The fraction of sp³-hybridized carbons (Fsp3) is 0.450. The van der Waals surface area contributed by atoms with Crippen molar-refractivity contribution in [2.24, 2.45) is 0 Å². The Bertz CT molecular complexity index is 855. The Hall–Kier alpha value is -2.55. The number of anilines is 1. The maximum atomic E-state index is 13.7. The van der Waals surface area contributed by atoms with Gasteiger partial charge in [-0.05, 0) is 18.9 Å². The zero-order valence-electron chi connectivity index (χ0n) is 16.3. The number of halogens is 1. The van der Waals surface area contributed by atoms with Crippen LogP contribution in [0.3, 0.4) is 0 Å². The number of rotatable bonds is 5. The Labute approximate surface area is 173 Å². The number of carbonyl (C=O) groups is 1. The van der Waals surface area contributed by atoms with E-state index in [4.69, 9.17) is 5.41 Å². The first-order valence-electron chi connectivity index (χ1n) is 9.81. The van der Waals surface area contributed by atoms with Crippen molar-refractivity contribution >= 4 is 29.7 Å². The fourth-order valence-electron chi connectivity index (χ4n) is 3.87. The molecule has 1 aromatic heterocycles. The second-order valence-electron chi connectivity index (χ2n) is 7.29. The van der Waals surface area contributed by atoms with E-state index in [0.717, 1.165) is 36.5 Å². The van der Waals surface area contributed by atoms with Gasteiger partial charge in [-0.2, -0.15) is 0 Å². The maximum Gasteiger partial charge on any atom is 0.266 e. The number of hydrogen-bond acceptors (Lipinski definition) is 7. The van der Waals surface area contributed by atoms with Gasteiger partial charge in [0.15, 0.2) is 0 Å². The molecule has 154 valence electrons. The van der Waals surface area contributed by atoms with Crippen LogP contribution in [0.15, 0.2) is 40.8 Å². The van der Waals surface area contributed by atoms with Crippen LogP contribution in [0.1, 0.15) is 30.2 Å². The van der Waals surface area contributed by atoms with Crippen molar-refractivity contribution in [2.45, 2.75) is 30.8 Å². The van der Waals surface area contributed by atoms with Crippen molar-refractivity contribution in [3.63, 3.8) is 0 Å². The van der Waals surface area contributed by atoms with Gasteiger partial charge in [-0.1, -0.05) is 17.8 Å². The van der Waals surface area contributed by atoms with Crippen LogP contribution in [0, 0.1) is 5.41 Å². The number of piperidine rings is 1. The smallest absolute Gasteiger partial charge is 0.266 e. The predicted octanol–water partition coefficient (Wildman–Crippen LogP) is 2.51. The molecule has 1 fully saturated rings. The summed E-state index contributed by atoms with van der Waals surface area (Å²) in [5.74, 6) is 0.718. The van der Waals surface area contributed by atoms with Crippen molar-refractivity contribution in [2.75, 3.05) is 31.6 Å². The minimum Gasteiger partial charge on any atom is -0.392 e. The number of nitrogens with zero attached hydrogens (tertiary/aromatic N) is 3. The molecule has 9 heteroatoms. The molecule has 0 aliphatic carbocycles. The molecule has 0 spiro atoms. The van der Waals surface area contributed by atoms with E-state index in [2.05, 4.69) is 15.6 Å². The van der Waals surface area contributed by atoms with Crippen molar-refractivity contribution in [1.29, 1.82) is 5.41 Å². The largest absolute Gasteiger partial charge is 0.392 e. The highest BCUT2D eigenvalue weighted by atomic mass is 32.2. The first-order valence-corrected chi connectivity index (χ1v) is 10.7. The highest BCUT2D eigenvalue weighted by molar-refractivity contribution is 8.04. The van der Waals surface area contributed by atoms with E-state index in [9.17, 15) is 9.18 Å². The molecular weight excluding hydrogens is 391 g/mol. The first kappa shape index (κ1) is 19.8. The Morgan fingerprint density at radius 3 is 3.00 bits per heavy atom. The summed E-state index contributed by atoms with van der Waals surface area (Å²) < 4.78 is 13.7. The number of hydrogen-bond donors (Lipinski definition) is 3. The average molecular weight is 417 g/mol. The summed E-state index contributed by atoms with van der Waals surface area (Å²) in [5, 5.41) is 13.8. The summed E-state index contributed by atoms with van der Waals surface area (Å²) in [5.41, 5.74) is 2.49. The highest BCUT2D eigenvalue weighted by Crippen LogP contribution is 2.44. The Morgan fingerprint density at radius 2 is 2.31 bits per heavy atom. The van der Waals surface area contributed by atoms with E-state index in [1.807, 2.05) is 23.2 Å². The van der Waals surface area contributed by atoms with E-state index in [-0.39, 0.29) is 11.3 Å². The molecule has 0 aromatic carbocycles. The number of alkyl halides is 1. The molecule has 0 saturated carbocycles. The van der Waals surface area contributed by atoms with Crippen LogP contribution in [0.4, 0.5) is 10.2 Å². The topological polar surface area (TPSA) is 84.3 Å². The van der Waals surface area contributed by atoms with Gasteiger partial charge in [-0.3, -0.25) is 4.79 Å². The summed E-state index contributed by atoms with van der Waals surface area (Å²) >= 11 is 1.49. The van der Waals surface area contributed by atoms with Crippen LogP contribution in [0.25, 0.3) is 0 Å². The number of pyridine rings is 1. The second-order valence-corrected chi connectivity index (χ2v) is 8.41. The number of amides is 1. The normalized spacial score (nSPS) is 25.0. The molecule has 3 aliphatic heterocycles. The minimum atomic E-state index is -0.787. The zero-order chi connectivity index (χ0) is 20.4. The van der Waals surface area contributed by atoms with Gasteiger partial charge in [-0.25, -0.2) is 9.37 Å². The SMILES string of the molecule is CN/C=C(\C=N)N1CCC2=C(SC(c3ccc(N4CCCC(F)C4)nc3)N2)C1=O. The Morgan fingerprint density at radius 1 is 1.45 bits per heavy atom. The average Bonchev–Trinajstić information content (AvgIpc) is 3.18. The molecule has 4 heterocycles. The first-order chi connectivity index (χ1) is 14.1. The molecule has 3 N–H and O–H groups in total. The van der Waals surface area contributed by atoms with Gasteiger partial charge in [0.2, 0.25) is 0 Å². The lowest BCUT2D eigenvalue weighted by molar-refractivity contribution is -0.124. The summed E-state index contributed by atoms with van der Waals surface area (Å²) in [4.78, 5) is 21.8. The van der Waals surface area contributed by atoms with Gasteiger partial charge in [0.1, 0.15) is 17.4 Å². The molecule has 2 atom stereocenters. The van der Waals surface area contributed by atoms with Crippen molar-refractivity contribution in [1.82, 2.24) is 20.5 Å². The lowest BCUT2D eigenvalue weighted by Crippen LogP contribution is -2.37. The third kappa shape index (κ3) is 3.96. The van der Waals surface area contributed by atoms with Crippen LogP contribution in [-0.4, -0.2) is 54.9 Å². The predicted molar refractivity (Wildman–Crippen MR) is 113 cm³/mol. The third-order valence-electron chi connectivity index (χ3n) is 5.35. The summed E-state index contributed by atoms with van der Waals surface area (Å²) in [7, 11) is 1.75. The molecule has 3 aliphatic rings. The van der Waals surface area contributed by atoms with Crippen LogP contribution < -0.4 is 15.5 Å². The van der Waals surface area contributed by atoms with Gasteiger partial charge >= 0.3 is 0 Å². The van der Waals surface area contributed by atoms with E-state index in [1.165, 1.54) is 18.0 Å². The fourth-order valence-corrected chi connectivity index (χ4v) is 5.10. The number of thioether (sulfide) groups is 1. The second kappa shape index (κ2) is 8.44. The number of aromatic nitrogens is 1. The summed E-state index contributed by atoms with van der Waals surface area (Å²) in [6.45, 7) is 1.77. The third-order valence-corrected chi connectivity index (χ3v) is 6.64. The van der Waals surface area contributed by atoms with E-state index < -0.39 is 6.17 Å². The molecule has 1 amide bonds. The standard InChI is InChI=1S/C20H25FN6OS/c1-23-11-15(9-22)27-8-6-16-18(20(27)28)29-19(25-16)13-4-5-17(24-10-13)26-7-2-3-14(21)12-26/h4-5,9-11,14,19,22-23,25H,2-3,6-8,12H2,1H3/b15-11+,22-9?. The summed E-state index contributed by atoms with van der Waals surface area (Å²) in [6.07, 6.45) is 6.07. The van der Waals surface area contributed by atoms with Gasteiger partial charge in [-0.15, -0.1) is 0 Å². The summed E-state index contributed by atoms with van der Waals surface area (Å²) in [6, 6.07) is 3.93. The zero-order valence-corrected chi connectivity index (χ0v) is 17.1. The van der Waals surface area contributed by atoms with Gasteiger partial charge < -0.3 is 25.8 Å². The van der Waals surface area contributed by atoms with E-state index in [1.54, 1.807) is 18.1 Å². The Balaban J connectivity index is 1.45. The molecule has 0 radical (unpaired) electrons. The molecule has 7 nitrogen and oxygen atoms in total. The van der Waals surface area contributed by atoms with Crippen molar-refractivity contribution in [3.05, 3.63) is 46.4 Å². The quantitative estimate of drug-likeness (QED) is 0.640. The molecule has 0 bridgehead atoms. The highest BCUT2D eigenvalue weighted by Gasteiger charge is 2.36. The molecule has 4 rings (SSSR count). The van der Waals surface area contributed by atoms with Crippen molar-refractivity contribution < 1.29 is 9.18 Å². The number of carbonyl (C=O) groups excluding carboxylic acids is 1. The molecule has 1 saturated heterocycles. The molecule has 29 heavy (non-hydrogen) atoms. The van der Waals surface area contributed by atoms with E-state index >= 15 is 0 Å². The number of allylic oxidation sites excluding steroid dienone is 1. The lowest BCUT2D eigenvalue weighted by atomic mass is 10.1. The monoisotopic (exact) mass is 416 g/mol. The van der Waals surface area contributed by atoms with Crippen LogP contribution in [0.5, 0.6) is 0 Å². The van der Waals surface area contributed by atoms with Crippen LogP contribution >= 0.6 is 11.8 Å². The minimum absolute atomic E-state index is 0.0718.